The summed E-state index contributed by atoms with van der Waals surface area (Å²) in [6.07, 6.45) is 4.02. The minimum Gasteiger partial charge on any atom is -0.396 e. The van der Waals surface area contributed by atoms with Gasteiger partial charge in [0, 0.05) is 57.9 Å². The Labute approximate surface area is 142 Å². The molecular weight excluding hydrogens is 308 g/mol. The molecule has 132 valence electrons. The Bertz CT molecular complexity index is 665. The van der Waals surface area contributed by atoms with Crippen molar-refractivity contribution in [3.63, 3.8) is 0 Å². The van der Waals surface area contributed by atoms with E-state index in [1.165, 1.54) is 5.56 Å². The lowest BCUT2D eigenvalue weighted by Crippen LogP contribution is -2.21. The Kier molecular flexibility index (Phi) is 4.86. The Hall–Kier alpha value is -1.93. The second kappa shape index (κ2) is 6.90. The lowest BCUT2D eigenvalue weighted by atomic mass is 9.92. The lowest BCUT2D eigenvalue weighted by molar-refractivity contribution is 0.207. The third kappa shape index (κ3) is 3.44. The van der Waals surface area contributed by atoms with Crippen LogP contribution in [0.25, 0.3) is 0 Å². The summed E-state index contributed by atoms with van der Waals surface area (Å²) < 4.78 is 7.28. The van der Waals surface area contributed by atoms with Gasteiger partial charge in [0.2, 0.25) is 5.89 Å². The van der Waals surface area contributed by atoms with Crippen LogP contribution in [0.3, 0.4) is 0 Å². The van der Waals surface area contributed by atoms with Crippen LogP contribution in [0.1, 0.15) is 37.3 Å². The van der Waals surface area contributed by atoms with Crippen LogP contribution in [0.15, 0.2) is 16.9 Å². The van der Waals surface area contributed by atoms with E-state index < -0.39 is 0 Å². The van der Waals surface area contributed by atoms with Crippen LogP contribution >= 0.6 is 0 Å². The SMILES string of the molecule is CC(C)n1cc([C@@H]2CN(Cc3nc(N(C)C)no3)C[C@H]2CO)cn1. The molecule has 0 saturated carbocycles. The van der Waals surface area contributed by atoms with Gasteiger partial charge in [0.25, 0.3) is 5.95 Å². The van der Waals surface area contributed by atoms with E-state index in [4.69, 9.17) is 4.52 Å². The van der Waals surface area contributed by atoms with Gasteiger partial charge in [0.05, 0.1) is 12.7 Å². The summed E-state index contributed by atoms with van der Waals surface area (Å²) >= 11 is 0. The minimum absolute atomic E-state index is 0.167. The number of rotatable bonds is 6. The molecule has 0 spiro atoms. The predicted octanol–water partition coefficient (Wildman–Crippen LogP) is 1.12. The van der Waals surface area contributed by atoms with Crippen molar-refractivity contribution in [1.82, 2.24) is 24.8 Å². The molecule has 1 aliphatic rings. The van der Waals surface area contributed by atoms with Crippen LogP contribution in [0, 0.1) is 5.92 Å². The van der Waals surface area contributed by atoms with E-state index in [0.717, 1.165) is 13.1 Å². The Balaban J connectivity index is 1.69. The molecule has 1 N–H and O–H groups in total. The third-order valence-corrected chi connectivity index (χ3v) is 4.55. The topological polar surface area (TPSA) is 83.5 Å². The average Bonchev–Trinajstić information content (AvgIpc) is 3.25. The molecule has 3 rings (SSSR count). The average molecular weight is 334 g/mol. The number of anilines is 1. The summed E-state index contributed by atoms with van der Waals surface area (Å²) in [5.41, 5.74) is 1.18. The summed E-state index contributed by atoms with van der Waals surface area (Å²) in [6, 6.07) is 0.340. The van der Waals surface area contributed by atoms with Gasteiger partial charge in [-0.05, 0) is 24.6 Å². The molecule has 0 unspecified atom stereocenters. The van der Waals surface area contributed by atoms with E-state index >= 15 is 0 Å². The van der Waals surface area contributed by atoms with Crippen molar-refractivity contribution in [2.24, 2.45) is 5.92 Å². The van der Waals surface area contributed by atoms with Gasteiger partial charge in [-0.3, -0.25) is 9.58 Å². The van der Waals surface area contributed by atoms with Crippen LogP contribution < -0.4 is 4.90 Å². The molecule has 1 aliphatic heterocycles. The van der Waals surface area contributed by atoms with Crippen molar-refractivity contribution >= 4 is 5.95 Å². The smallest absolute Gasteiger partial charge is 0.265 e. The van der Waals surface area contributed by atoms with Crippen LogP contribution in [-0.2, 0) is 6.54 Å². The van der Waals surface area contributed by atoms with Crippen molar-refractivity contribution in [2.45, 2.75) is 32.4 Å². The van der Waals surface area contributed by atoms with Gasteiger partial charge in [0.1, 0.15) is 0 Å². The second-order valence-corrected chi connectivity index (χ2v) is 6.97. The molecule has 0 radical (unpaired) electrons. The van der Waals surface area contributed by atoms with Gasteiger partial charge in [-0.15, -0.1) is 0 Å². The van der Waals surface area contributed by atoms with Gasteiger partial charge in [0.15, 0.2) is 0 Å². The summed E-state index contributed by atoms with van der Waals surface area (Å²) in [6.45, 7) is 6.66. The summed E-state index contributed by atoms with van der Waals surface area (Å²) in [5, 5.41) is 18.1. The number of aromatic nitrogens is 4. The van der Waals surface area contributed by atoms with E-state index in [1.807, 2.05) is 29.9 Å². The predicted molar refractivity (Wildman–Crippen MR) is 89.8 cm³/mol. The van der Waals surface area contributed by atoms with Crippen molar-refractivity contribution in [2.75, 3.05) is 38.7 Å². The Morgan fingerprint density at radius 2 is 2.17 bits per heavy atom. The standard InChI is InChI=1S/C16H26N6O2/c1-11(2)22-7-12(5-17-22)14-8-21(6-13(14)10-23)9-15-18-16(19-24-15)20(3)4/h5,7,11,13-14,23H,6,8-10H2,1-4H3/t13-,14-/m0/s1. The summed E-state index contributed by atoms with van der Waals surface area (Å²) in [5.74, 6) is 1.66. The van der Waals surface area contributed by atoms with E-state index in [0.29, 0.717) is 24.4 Å². The fourth-order valence-corrected chi connectivity index (χ4v) is 3.16. The Morgan fingerprint density at radius 1 is 1.38 bits per heavy atom. The number of hydrogen-bond acceptors (Lipinski definition) is 7. The minimum atomic E-state index is 0.167. The van der Waals surface area contributed by atoms with E-state index in [1.54, 1.807) is 0 Å². The van der Waals surface area contributed by atoms with Crippen molar-refractivity contribution < 1.29 is 9.63 Å². The van der Waals surface area contributed by atoms with E-state index in [-0.39, 0.29) is 18.4 Å². The zero-order valence-corrected chi connectivity index (χ0v) is 14.8. The van der Waals surface area contributed by atoms with Gasteiger partial charge in [-0.2, -0.15) is 10.1 Å². The van der Waals surface area contributed by atoms with Crippen molar-refractivity contribution in [3.8, 4) is 0 Å². The molecule has 8 heteroatoms. The molecule has 0 aromatic carbocycles. The van der Waals surface area contributed by atoms with Crippen LogP contribution in [0.2, 0.25) is 0 Å². The first-order chi connectivity index (χ1) is 11.5. The first-order valence-electron chi connectivity index (χ1n) is 8.35. The van der Waals surface area contributed by atoms with Crippen LogP contribution in [0.4, 0.5) is 5.95 Å². The molecule has 0 amide bonds. The van der Waals surface area contributed by atoms with Crippen LogP contribution in [0.5, 0.6) is 0 Å². The quantitative estimate of drug-likeness (QED) is 0.847. The fourth-order valence-electron chi connectivity index (χ4n) is 3.16. The number of aliphatic hydroxyl groups is 1. The first kappa shape index (κ1) is 16.9. The third-order valence-electron chi connectivity index (χ3n) is 4.55. The number of aliphatic hydroxyl groups excluding tert-OH is 1. The molecule has 1 fully saturated rings. The summed E-state index contributed by atoms with van der Waals surface area (Å²) in [7, 11) is 3.77. The zero-order chi connectivity index (χ0) is 17.3. The number of likely N-dealkylation sites (tertiary alicyclic amines) is 1. The molecule has 1 saturated heterocycles. The van der Waals surface area contributed by atoms with E-state index in [9.17, 15) is 5.11 Å². The maximum atomic E-state index is 9.76. The molecular formula is C16H26N6O2. The molecule has 2 atom stereocenters. The maximum Gasteiger partial charge on any atom is 0.265 e. The molecule has 3 heterocycles. The highest BCUT2D eigenvalue weighted by molar-refractivity contribution is 5.23. The van der Waals surface area contributed by atoms with Gasteiger partial charge >= 0.3 is 0 Å². The van der Waals surface area contributed by atoms with Crippen molar-refractivity contribution in [1.29, 1.82) is 0 Å². The molecule has 0 bridgehead atoms. The molecule has 2 aromatic rings. The van der Waals surface area contributed by atoms with Gasteiger partial charge < -0.3 is 14.5 Å². The van der Waals surface area contributed by atoms with Crippen molar-refractivity contribution in [3.05, 3.63) is 23.8 Å². The number of hydrogen-bond donors (Lipinski definition) is 1. The summed E-state index contributed by atoms with van der Waals surface area (Å²) in [4.78, 5) is 8.45. The maximum absolute atomic E-state index is 9.76. The number of nitrogens with zero attached hydrogens (tertiary/aromatic N) is 6. The van der Waals surface area contributed by atoms with E-state index in [2.05, 4.69) is 40.2 Å². The molecule has 8 nitrogen and oxygen atoms in total. The second-order valence-electron chi connectivity index (χ2n) is 6.97. The van der Waals surface area contributed by atoms with Gasteiger partial charge in [-0.25, -0.2) is 0 Å². The zero-order valence-electron chi connectivity index (χ0n) is 14.8. The largest absolute Gasteiger partial charge is 0.396 e. The monoisotopic (exact) mass is 334 g/mol. The normalized spacial score (nSPS) is 21.8. The Morgan fingerprint density at radius 3 is 2.75 bits per heavy atom. The van der Waals surface area contributed by atoms with Crippen LogP contribution in [-0.4, -0.2) is 63.7 Å². The lowest BCUT2D eigenvalue weighted by Gasteiger charge is -2.14. The molecule has 24 heavy (non-hydrogen) atoms. The highest BCUT2D eigenvalue weighted by Crippen LogP contribution is 2.33. The highest BCUT2D eigenvalue weighted by atomic mass is 16.5. The molecule has 2 aromatic heterocycles. The highest BCUT2D eigenvalue weighted by Gasteiger charge is 2.35. The van der Waals surface area contributed by atoms with Gasteiger partial charge in [-0.1, -0.05) is 0 Å². The fraction of sp³-hybridized carbons (Fsp3) is 0.688. The molecule has 0 aliphatic carbocycles. The first-order valence-corrected chi connectivity index (χ1v) is 8.35.